The fraction of sp³-hybridized carbons (Fsp3) is 0.923. The van der Waals surface area contributed by atoms with E-state index in [1.165, 1.54) is 0 Å². The molecule has 0 saturated heterocycles. The quantitative estimate of drug-likeness (QED) is 0.759. The van der Waals surface area contributed by atoms with Crippen LogP contribution in [0, 0.1) is 11.3 Å². The SMILES string of the molecule is CC(C)C(CN(C)C)NC(=O)C(N)C(C)(C)C. The Morgan fingerprint density at radius 2 is 1.76 bits per heavy atom. The highest BCUT2D eigenvalue weighted by molar-refractivity contribution is 5.82. The Morgan fingerprint density at radius 1 is 1.29 bits per heavy atom. The highest BCUT2D eigenvalue weighted by Crippen LogP contribution is 2.17. The molecular formula is C13H29N3O. The van der Waals surface area contributed by atoms with Crippen LogP contribution in [0.2, 0.25) is 0 Å². The number of carbonyl (C=O) groups excluding carboxylic acids is 1. The van der Waals surface area contributed by atoms with Crippen molar-refractivity contribution in [1.29, 1.82) is 0 Å². The van der Waals surface area contributed by atoms with E-state index >= 15 is 0 Å². The third-order valence-electron chi connectivity index (χ3n) is 2.91. The van der Waals surface area contributed by atoms with Crippen LogP contribution < -0.4 is 11.1 Å². The summed E-state index contributed by atoms with van der Waals surface area (Å²) in [4.78, 5) is 14.1. The minimum atomic E-state index is -0.467. The van der Waals surface area contributed by atoms with Gasteiger partial charge in [-0.05, 0) is 25.4 Å². The molecule has 0 bridgehead atoms. The van der Waals surface area contributed by atoms with Crippen LogP contribution in [-0.2, 0) is 4.79 Å². The average Bonchev–Trinajstić information content (AvgIpc) is 2.13. The minimum absolute atomic E-state index is 0.0574. The predicted molar refractivity (Wildman–Crippen MR) is 72.8 cm³/mol. The van der Waals surface area contributed by atoms with Crippen LogP contribution in [0.1, 0.15) is 34.6 Å². The summed E-state index contributed by atoms with van der Waals surface area (Å²) in [6.07, 6.45) is 0. The Balaban J connectivity index is 4.51. The Morgan fingerprint density at radius 3 is 2.06 bits per heavy atom. The van der Waals surface area contributed by atoms with Crippen molar-refractivity contribution in [3.8, 4) is 0 Å². The fourth-order valence-corrected chi connectivity index (χ4v) is 1.48. The molecule has 4 nitrogen and oxygen atoms in total. The molecule has 0 heterocycles. The van der Waals surface area contributed by atoms with Crippen molar-refractivity contribution in [2.75, 3.05) is 20.6 Å². The first-order valence-corrected chi connectivity index (χ1v) is 6.26. The van der Waals surface area contributed by atoms with Gasteiger partial charge in [-0.25, -0.2) is 0 Å². The van der Waals surface area contributed by atoms with Gasteiger partial charge in [0.2, 0.25) is 5.91 Å². The Kier molecular flexibility index (Phi) is 6.13. The third kappa shape index (κ3) is 6.03. The van der Waals surface area contributed by atoms with E-state index in [0.717, 1.165) is 6.54 Å². The zero-order valence-electron chi connectivity index (χ0n) is 12.4. The summed E-state index contributed by atoms with van der Waals surface area (Å²) in [6.45, 7) is 11.0. The number of hydrogen-bond acceptors (Lipinski definition) is 3. The van der Waals surface area contributed by atoms with Crippen molar-refractivity contribution in [3.05, 3.63) is 0 Å². The van der Waals surface area contributed by atoms with Crippen LogP contribution in [0.5, 0.6) is 0 Å². The topological polar surface area (TPSA) is 58.4 Å². The first kappa shape index (κ1) is 16.4. The van der Waals surface area contributed by atoms with E-state index in [4.69, 9.17) is 5.73 Å². The first-order valence-electron chi connectivity index (χ1n) is 6.26. The van der Waals surface area contributed by atoms with Gasteiger partial charge >= 0.3 is 0 Å². The lowest BCUT2D eigenvalue weighted by Gasteiger charge is -2.31. The molecule has 0 rings (SSSR count). The normalized spacial score (nSPS) is 16.1. The monoisotopic (exact) mass is 243 g/mol. The van der Waals surface area contributed by atoms with Crippen LogP contribution >= 0.6 is 0 Å². The first-order chi connectivity index (χ1) is 7.55. The molecule has 0 aromatic heterocycles. The van der Waals surface area contributed by atoms with Crippen LogP contribution in [-0.4, -0.2) is 43.5 Å². The Hall–Kier alpha value is -0.610. The predicted octanol–water partition coefficient (Wildman–Crippen LogP) is 1.06. The van der Waals surface area contributed by atoms with Gasteiger partial charge < -0.3 is 16.0 Å². The molecule has 2 atom stereocenters. The molecule has 0 spiro atoms. The second-order valence-electron chi connectivity index (χ2n) is 6.47. The molecular weight excluding hydrogens is 214 g/mol. The van der Waals surface area contributed by atoms with E-state index in [-0.39, 0.29) is 17.4 Å². The molecule has 2 unspecified atom stereocenters. The highest BCUT2D eigenvalue weighted by atomic mass is 16.2. The number of nitrogens with one attached hydrogen (secondary N) is 1. The summed E-state index contributed by atoms with van der Waals surface area (Å²) in [6, 6.07) is -0.322. The van der Waals surface area contributed by atoms with E-state index < -0.39 is 6.04 Å². The maximum Gasteiger partial charge on any atom is 0.237 e. The summed E-state index contributed by atoms with van der Waals surface area (Å²) in [5.74, 6) is 0.339. The van der Waals surface area contributed by atoms with Gasteiger partial charge in [-0.2, -0.15) is 0 Å². The van der Waals surface area contributed by atoms with Crippen LogP contribution in [0.4, 0.5) is 0 Å². The smallest absolute Gasteiger partial charge is 0.237 e. The molecule has 0 aliphatic carbocycles. The summed E-state index contributed by atoms with van der Waals surface area (Å²) in [7, 11) is 4.01. The van der Waals surface area contributed by atoms with Gasteiger partial charge in [-0.15, -0.1) is 0 Å². The van der Waals surface area contributed by atoms with Crippen molar-refractivity contribution in [2.45, 2.75) is 46.7 Å². The number of hydrogen-bond donors (Lipinski definition) is 2. The lowest BCUT2D eigenvalue weighted by Crippen LogP contribution is -2.54. The Labute approximate surface area is 106 Å². The minimum Gasteiger partial charge on any atom is -0.350 e. The van der Waals surface area contributed by atoms with E-state index in [1.807, 2.05) is 34.9 Å². The number of amides is 1. The standard InChI is InChI=1S/C13H29N3O/c1-9(2)10(8-16(6)7)15-12(17)11(14)13(3,4)5/h9-11H,8,14H2,1-7H3,(H,15,17). The molecule has 3 N–H and O–H groups in total. The van der Waals surface area contributed by atoms with Crippen molar-refractivity contribution in [2.24, 2.45) is 17.1 Å². The lowest BCUT2D eigenvalue weighted by atomic mass is 9.86. The molecule has 0 aromatic rings. The van der Waals surface area contributed by atoms with Crippen molar-refractivity contribution in [1.82, 2.24) is 10.2 Å². The Bertz CT molecular complexity index is 244. The second kappa shape index (κ2) is 6.36. The highest BCUT2D eigenvalue weighted by Gasteiger charge is 2.29. The molecule has 4 heteroatoms. The van der Waals surface area contributed by atoms with Gasteiger partial charge in [0.15, 0.2) is 0 Å². The number of carbonyl (C=O) groups is 1. The molecule has 0 radical (unpaired) electrons. The summed E-state index contributed by atoms with van der Waals surface area (Å²) in [5.41, 5.74) is 5.74. The van der Waals surface area contributed by atoms with Gasteiger partial charge in [-0.1, -0.05) is 34.6 Å². The summed E-state index contributed by atoms with van der Waals surface area (Å²) < 4.78 is 0. The fourth-order valence-electron chi connectivity index (χ4n) is 1.48. The van der Waals surface area contributed by atoms with Gasteiger partial charge in [0.05, 0.1) is 6.04 Å². The van der Waals surface area contributed by atoms with E-state index in [9.17, 15) is 4.79 Å². The molecule has 0 aromatic carbocycles. The second-order valence-corrected chi connectivity index (χ2v) is 6.47. The van der Waals surface area contributed by atoms with Crippen molar-refractivity contribution >= 4 is 5.91 Å². The van der Waals surface area contributed by atoms with Gasteiger partial charge in [0, 0.05) is 12.6 Å². The average molecular weight is 243 g/mol. The van der Waals surface area contributed by atoms with E-state index in [1.54, 1.807) is 0 Å². The van der Waals surface area contributed by atoms with E-state index in [0.29, 0.717) is 5.92 Å². The van der Waals surface area contributed by atoms with E-state index in [2.05, 4.69) is 24.1 Å². The molecule has 0 fully saturated rings. The number of rotatable bonds is 5. The van der Waals surface area contributed by atoms with Gasteiger partial charge in [0.25, 0.3) is 0 Å². The maximum atomic E-state index is 12.0. The molecule has 0 saturated carbocycles. The number of nitrogens with two attached hydrogens (primary N) is 1. The van der Waals surface area contributed by atoms with Crippen LogP contribution in [0.25, 0.3) is 0 Å². The third-order valence-corrected chi connectivity index (χ3v) is 2.91. The van der Waals surface area contributed by atoms with Crippen LogP contribution in [0.15, 0.2) is 0 Å². The summed E-state index contributed by atoms with van der Waals surface area (Å²) in [5, 5.41) is 3.05. The zero-order valence-corrected chi connectivity index (χ0v) is 12.4. The van der Waals surface area contributed by atoms with Gasteiger partial charge in [0.1, 0.15) is 0 Å². The number of likely N-dealkylation sites (N-methyl/N-ethyl adjacent to an activating group) is 1. The zero-order chi connectivity index (χ0) is 13.8. The molecule has 1 amide bonds. The van der Waals surface area contributed by atoms with Crippen LogP contribution in [0.3, 0.4) is 0 Å². The lowest BCUT2D eigenvalue weighted by molar-refractivity contribution is -0.125. The van der Waals surface area contributed by atoms with Gasteiger partial charge in [-0.3, -0.25) is 4.79 Å². The number of nitrogens with zero attached hydrogens (tertiary/aromatic N) is 1. The van der Waals surface area contributed by atoms with Crippen molar-refractivity contribution < 1.29 is 4.79 Å². The summed E-state index contributed by atoms with van der Waals surface area (Å²) >= 11 is 0. The maximum absolute atomic E-state index is 12.0. The van der Waals surface area contributed by atoms with Crippen molar-refractivity contribution in [3.63, 3.8) is 0 Å². The molecule has 102 valence electrons. The molecule has 0 aliphatic heterocycles. The largest absolute Gasteiger partial charge is 0.350 e. The molecule has 17 heavy (non-hydrogen) atoms. The molecule has 0 aliphatic rings.